The molecule has 3 rings (SSSR count). The van der Waals surface area contributed by atoms with E-state index in [-0.39, 0.29) is 5.88 Å². The number of fused-ring (bicyclic) bond motifs is 1. The van der Waals surface area contributed by atoms with Crippen molar-refractivity contribution in [2.75, 3.05) is 0 Å². The first-order valence-corrected chi connectivity index (χ1v) is 7.32. The third kappa shape index (κ3) is 2.87. The minimum Gasteiger partial charge on any atom is -0.492 e. The smallest absolute Gasteiger partial charge is 0.230 e. The van der Waals surface area contributed by atoms with E-state index in [0.29, 0.717) is 21.4 Å². The van der Waals surface area contributed by atoms with Crippen LogP contribution in [0.5, 0.6) is 11.6 Å². The monoisotopic (exact) mass is 312 g/mol. The predicted molar refractivity (Wildman–Crippen MR) is 82.0 cm³/mol. The lowest BCUT2D eigenvalue weighted by Crippen LogP contribution is -2.31. The molecule has 0 unspecified atom stereocenters. The molecule has 110 valence electrons. The van der Waals surface area contributed by atoms with Gasteiger partial charge in [-0.15, -0.1) is 10.2 Å². The molecule has 1 N–H and O–H groups in total. The average molecular weight is 312 g/mol. The maximum atomic E-state index is 9.20. The van der Waals surface area contributed by atoms with Gasteiger partial charge in [0.15, 0.2) is 5.72 Å². The normalized spacial score (nSPS) is 15.2. The van der Waals surface area contributed by atoms with Gasteiger partial charge in [0.2, 0.25) is 5.88 Å². The number of thioether (sulfide) groups is 1. The molecule has 22 heavy (non-hydrogen) atoms. The van der Waals surface area contributed by atoms with Gasteiger partial charge in [-0.25, -0.2) is 4.99 Å². The van der Waals surface area contributed by atoms with Gasteiger partial charge >= 0.3 is 0 Å². The Balaban J connectivity index is 2.03. The van der Waals surface area contributed by atoms with Crippen LogP contribution in [0.2, 0.25) is 0 Å². The Hall–Kier alpha value is -2.59. The van der Waals surface area contributed by atoms with Gasteiger partial charge in [0.25, 0.3) is 0 Å². The molecule has 6 nitrogen and oxygen atoms in total. The molecular formula is C15H12N4O2S. The van der Waals surface area contributed by atoms with Gasteiger partial charge in [-0.1, -0.05) is 0 Å². The van der Waals surface area contributed by atoms with E-state index in [2.05, 4.69) is 21.3 Å². The summed E-state index contributed by atoms with van der Waals surface area (Å²) in [5.74, 6) is 0.541. The molecule has 0 saturated carbocycles. The fourth-order valence-electron chi connectivity index (χ4n) is 2.00. The van der Waals surface area contributed by atoms with Crippen LogP contribution in [0, 0.1) is 11.3 Å². The van der Waals surface area contributed by atoms with Gasteiger partial charge < -0.3 is 9.84 Å². The molecule has 0 bridgehead atoms. The van der Waals surface area contributed by atoms with Crippen molar-refractivity contribution >= 4 is 16.8 Å². The zero-order valence-electron chi connectivity index (χ0n) is 11.9. The highest BCUT2D eigenvalue weighted by Gasteiger charge is 2.29. The number of aromatic hydroxyl groups is 1. The fourth-order valence-corrected chi connectivity index (χ4v) is 2.95. The zero-order chi connectivity index (χ0) is 15.7. The maximum Gasteiger partial charge on any atom is 0.230 e. The molecule has 0 amide bonds. The number of rotatable bonds is 1. The van der Waals surface area contributed by atoms with Crippen molar-refractivity contribution < 1.29 is 9.84 Å². The summed E-state index contributed by atoms with van der Waals surface area (Å²) >= 11 is 1.31. The lowest BCUT2D eigenvalue weighted by Gasteiger charge is -2.29. The third-order valence-electron chi connectivity index (χ3n) is 2.90. The van der Waals surface area contributed by atoms with E-state index in [4.69, 9.17) is 10.00 Å². The molecule has 1 aliphatic heterocycles. The molecule has 2 aromatic rings. The van der Waals surface area contributed by atoms with E-state index in [0.717, 1.165) is 5.56 Å². The first-order chi connectivity index (χ1) is 10.5. The minimum absolute atomic E-state index is 0.134. The number of aromatic nitrogens is 2. The predicted octanol–water partition coefficient (Wildman–Crippen LogP) is 2.72. The summed E-state index contributed by atoms with van der Waals surface area (Å²) in [4.78, 5) is 4.57. The van der Waals surface area contributed by atoms with E-state index < -0.39 is 5.72 Å². The highest BCUT2D eigenvalue weighted by Crippen LogP contribution is 2.36. The standard InChI is InChI=1S/C15H12N4O2S/c1-15(2)17-14(22-13-6-5-12(20)18-19-13)10-7-9(8-16)3-4-11(10)21-15/h3-7H,1-2H3,(H,18,20). The highest BCUT2D eigenvalue weighted by atomic mass is 32.2. The molecule has 7 heteroatoms. The van der Waals surface area contributed by atoms with Gasteiger partial charge in [0, 0.05) is 6.07 Å². The largest absolute Gasteiger partial charge is 0.492 e. The van der Waals surface area contributed by atoms with E-state index in [9.17, 15) is 5.11 Å². The summed E-state index contributed by atoms with van der Waals surface area (Å²) in [6, 6.07) is 10.5. The number of aliphatic imine (C=N–C) groups is 1. The molecule has 0 aliphatic carbocycles. The molecule has 2 heterocycles. The average Bonchev–Trinajstić information content (AvgIpc) is 2.48. The molecule has 1 aliphatic rings. The van der Waals surface area contributed by atoms with Gasteiger partial charge in [0.1, 0.15) is 15.8 Å². The summed E-state index contributed by atoms with van der Waals surface area (Å²) in [5, 5.41) is 27.1. The number of hydrogen-bond acceptors (Lipinski definition) is 7. The first kappa shape index (κ1) is 14.4. The van der Waals surface area contributed by atoms with Crippen LogP contribution in [0.4, 0.5) is 0 Å². The molecule has 0 spiro atoms. The minimum atomic E-state index is -0.701. The fraction of sp³-hybridized carbons (Fsp3) is 0.200. The van der Waals surface area contributed by atoms with E-state index >= 15 is 0 Å². The lowest BCUT2D eigenvalue weighted by atomic mass is 10.1. The molecule has 0 radical (unpaired) electrons. The van der Waals surface area contributed by atoms with Crippen LogP contribution >= 0.6 is 11.8 Å². The van der Waals surface area contributed by atoms with Crippen LogP contribution in [0.15, 0.2) is 40.4 Å². The van der Waals surface area contributed by atoms with Crippen LogP contribution in [0.25, 0.3) is 0 Å². The number of hydrogen-bond donors (Lipinski definition) is 1. The van der Waals surface area contributed by atoms with Gasteiger partial charge in [0.05, 0.1) is 17.2 Å². The molecule has 1 aromatic carbocycles. The molecule has 0 fully saturated rings. The van der Waals surface area contributed by atoms with E-state index in [1.54, 1.807) is 24.3 Å². The Kier molecular flexibility index (Phi) is 3.47. The van der Waals surface area contributed by atoms with Crippen molar-refractivity contribution in [2.45, 2.75) is 24.6 Å². The Bertz CT molecular complexity index is 794. The maximum absolute atomic E-state index is 9.20. The Labute approximate surface area is 131 Å². The van der Waals surface area contributed by atoms with Gasteiger partial charge in [-0.05, 0) is 49.9 Å². The van der Waals surface area contributed by atoms with Crippen molar-refractivity contribution in [3.8, 4) is 17.7 Å². The summed E-state index contributed by atoms with van der Waals surface area (Å²) in [7, 11) is 0. The summed E-state index contributed by atoms with van der Waals surface area (Å²) in [6.45, 7) is 3.72. The van der Waals surface area contributed by atoms with Crippen molar-refractivity contribution in [1.82, 2.24) is 10.2 Å². The number of nitriles is 1. The van der Waals surface area contributed by atoms with Gasteiger partial charge in [-0.2, -0.15) is 5.26 Å². The third-order valence-corrected chi connectivity index (χ3v) is 3.83. The van der Waals surface area contributed by atoms with Crippen LogP contribution in [-0.4, -0.2) is 26.1 Å². The SMILES string of the molecule is CC1(C)N=C(Sc2ccc(O)nn2)c2cc(C#N)ccc2O1. The number of ether oxygens (including phenoxy) is 1. The Morgan fingerprint density at radius 2 is 2.05 bits per heavy atom. The molecule has 1 aromatic heterocycles. The molecule has 0 saturated heterocycles. The molecule has 0 atom stereocenters. The summed E-state index contributed by atoms with van der Waals surface area (Å²) in [6.07, 6.45) is 0. The quantitative estimate of drug-likeness (QED) is 0.870. The van der Waals surface area contributed by atoms with Crippen molar-refractivity contribution in [3.63, 3.8) is 0 Å². The first-order valence-electron chi connectivity index (χ1n) is 6.51. The van der Waals surface area contributed by atoms with E-state index in [1.165, 1.54) is 17.8 Å². The Morgan fingerprint density at radius 1 is 1.23 bits per heavy atom. The van der Waals surface area contributed by atoms with Crippen LogP contribution in [0.1, 0.15) is 25.0 Å². The van der Waals surface area contributed by atoms with Crippen LogP contribution in [-0.2, 0) is 0 Å². The lowest BCUT2D eigenvalue weighted by molar-refractivity contribution is 0.116. The van der Waals surface area contributed by atoms with Crippen LogP contribution < -0.4 is 4.74 Å². The molecular weight excluding hydrogens is 300 g/mol. The summed E-state index contributed by atoms with van der Waals surface area (Å²) < 4.78 is 5.82. The Morgan fingerprint density at radius 3 is 2.73 bits per heavy atom. The topological polar surface area (TPSA) is 91.4 Å². The van der Waals surface area contributed by atoms with Gasteiger partial charge in [-0.3, -0.25) is 0 Å². The second-order valence-electron chi connectivity index (χ2n) is 5.12. The van der Waals surface area contributed by atoms with Crippen molar-refractivity contribution in [1.29, 1.82) is 5.26 Å². The number of benzene rings is 1. The van der Waals surface area contributed by atoms with Crippen molar-refractivity contribution in [3.05, 3.63) is 41.5 Å². The second-order valence-corrected chi connectivity index (χ2v) is 6.13. The van der Waals surface area contributed by atoms with E-state index in [1.807, 2.05) is 13.8 Å². The highest BCUT2D eigenvalue weighted by molar-refractivity contribution is 8.14. The van der Waals surface area contributed by atoms with Crippen LogP contribution in [0.3, 0.4) is 0 Å². The second kappa shape index (κ2) is 5.31. The van der Waals surface area contributed by atoms with Crippen molar-refractivity contribution in [2.24, 2.45) is 4.99 Å². The zero-order valence-corrected chi connectivity index (χ0v) is 12.8. The number of nitrogens with zero attached hydrogens (tertiary/aromatic N) is 4. The summed E-state index contributed by atoms with van der Waals surface area (Å²) in [5.41, 5.74) is 0.582.